The number of aliphatic hydroxyl groups is 1. The highest BCUT2D eigenvalue weighted by molar-refractivity contribution is 5.73. The van der Waals surface area contributed by atoms with Gasteiger partial charge in [-0.2, -0.15) is 0 Å². The van der Waals surface area contributed by atoms with Crippen LogP contribution in [0, 0.1) is 11.8 Å². The van der Waals surface area contributed by atoms with Crippen molar-refractivity contribution in [2.75, 3.05) is 32.7 Å². The molecule has 24 heavy (non-hydrogen) atoms. The summed E-state index contributed by atoms with van der Waals surface area (Å²) in [5.74, 6) is 1.22. The number of likely N-dealkylation sites (tertiary alicyclic amines) is 1. The molecule has 1 saturated heterocycles. The second kappa shape index (κ2) is 9.64. The number of hydrogen-bond donors (Lipinski definition) is 3. The summed E-state index contributed by atoms with van der Waals surface area (Å²) in [5, 5.41) is 15.7. The van der Waals surface area contributed by atoms with Crippen molar-refractivity contribution in [1.29, 1.82) is 0 Å². The van der Waals surface area contributed by atoms with Gasteiger partial charge in [0.1, 0.15) is 0 Å². The fourth-order valence-corrected chi connectivity index (χ4v) is 3.23. The number of benzene rings is 1. The molecule has 1 aliphatic heterocycles. The maximum absolute atomic E-state index is 11.9. The molecule has 134 valence electrons. The molecule has 1 heterocycles. The Morgan fingerprint density at radius 2 is 2.04 bits per heavy atom. The summed E-state index contributed by atoms with van der Waals surface area (Å²) in [4.78, 5) is 14.3. The number of urea groups is 1. The van der Waals surface area contributed by atoms with Gasteiger partial charge in [-0.1, -0.05) is 44.2 Å². The van der Waals surface area contributed by atoms with Gasteiger partial charge < -0.3 is 20.6 Å². The van der Waals surface area contributed by atoms with Gasteiger partial charge in [-0.05, 0) is 30.4 Å². The molecule has 0 aliphatic carbocycles. The molecule has 0 aromatic heterocycles. The number of aliphatic hydroxyl groups excluding tert-OH is 1. The summed E-state index contributed by atoms with van der Waals surface area (Å²) < 4.78 is 0. The summed E-state index contributed by atoms with van der Waals surface area (Å²) in [5.41, 5.74) is 1.07. The second-order valence-corrected chi connectivity index (χ2v) is 7.24. The van der Waals surface area contributed by atoms with E-state index >= 15 is 0 Å². The largest absolute Gasteiger partial charge is 0.391 e. The first-order valence-corrected chi connectivity index (χ1v) is 8.99. The number of nitrogens with one attached hydrogen (secondary N) is 2. The Balaban J connectivity index is 1.58. The number of amides is 2. The van der Waals surface area contributed by atoms with Crippen LogP contribution in [0.4, 0.5) is 4.79 Å². The van der Waals surface area contributed by atoms with Crippen LogP contribution >= 0.6 is 0 Å². The molecule has 2 rings (SSSR count). The van der Waals surface area contributed by atoms with Crippen LogP contribution in [0.5, 0.6) is 0 Å². The number of carbonyl (C=O) groups excluding carboxylic acids is 1. The molecule has 5 nitrogen and oxygen atoms in total. The Labute approximate surface area is 145 Å². The molecule has 0 bridgehead atoms. The summed E-state index contributed by atoms with van der Waals surface area (Å²) in [6.07, 6.45) is 1.13. The molecule has 2 atom stereocenters. The van der Waals surface area contributed by atoms with Gasteiger partial charge in [0.05, 0.1) is 6.10 Å². The van der Waals surface area contributed by atoms with Crippen molar-refractivity contribution in [2.45, 2.75) is 32.8 Å². The molecular weight excluding hydrogens is 302 g/mol. The van der Waals surface area contributed by atoms with E-state index in [0.717, 1.165) is 31.6 Å². The Morgan fingerprint density at radius 3 is 2.75 bits per heavy atom. The minimum atomic E-state index is -0.564. The number of hydrogen-bond acceptors (Lipinski definition) is 3. The van der Waals surface area contributed by atoms with Crippen molar-refractivity contribution in [2.24, 2.45) is 11.8 Å². The Bertz CT molecular complexity index is 493. The Kier molecular flexibility index (Phi) is 7.53. The molecule has 0 radical (unpaired) electrons. The van der Waals surface area contributed by atoms with Gasteiger partial charge in [-0.15, -0.1) is 0 Å². The van der Waals surface area contributed by atoms with Gasteiger partial charge >= 0.3 is 6.03 Å². The van der Waals surface area contributed by atoms with Crippen molar-refractivity contribution < 1.29 is 9.90 Å². The van der Waals surface area contributed by atoms with Crippen molar-refractivity contribution in [1.82, 2.24) is 15.5 Å². The van der Waals surface area contributed by atoms with Crippen LogP contribution in [0.1, 0.15) is 25.8 Å². The molecule has 2 unspecified atom stereocenters. The third kappa shape index (κ3) is 6.89. The normalized spacial score (nSPS) is 19.4. The highest BCUT2D eigenvalue weighted by atomic mass is 16.3. The summed E-state index contributed by atoms with van der Waals surface area (Å²) in [7, 11) is 0. The van der Waals surface area contributed by atoms with Crippen molar-refractivity contribution in [3.8, 4) is 0 Å². The number of rotatable bonds is 8. The molecule has 0 spiro atoms. The van der Waals surface area contributed by atoms with Gasteiger partial charge in [0, 0.05) is 32.6 Å². The van der Waals surface area contributed by atoms with Crippen LogP contribution in [0.2, 0.25) is 0 Å². The lowest BCUT2D eigenvalue weighted by Gasteiger charge is -2.18. The van der Waals surface area contributed by atoms with E-state index in [1.54, 1.807) is 0 Å². The van der Waals surface area contributed by atoms with E-state index in [0.29, 0.717) is 24.8 Å². The molecular formula is C19H31N3O2. The first-order valence-electron chi connectivity index (χ1n) is 8.99. The van der Waals surface area contributed by atoms with Crippen molar-refractivity contribution in [3.05, 3.63) is 35.9 Å². The third-order valence-electron chi connectivity index (χ3n) is 4.36. The first kappa shape index (κ1) is 18.7. The van der Waals surface area contributed by atoms with E-state index < -0.39 is 6.10 Å². The van der Waals surface area contributed by atoms with Gasteiger partial charge in [-0.3, -0.25) is 0 Å². The highest BCUT2D eigenvalue weighted by Gasteiger charge is 2.23. The standard InChI is InChI=1S/C19H31N3O2/c1-15(2)13-22-9-8-17(14-22)11-20-19(24)21-12-18(23)10-16-6-4-3-5-7-16/h3-7,15,17-18,23H,8-14H2,1-2H3,(H2,20,21,24). The topological polar surface area (TPSA) is 64.6 Å². The number of carbonyl (C=O) groups is 1. The molecule has 1 aliphatic rings. The maximum atomic E-state index is 11.9. The van der Waals surface area contributed by atoms with Crippen LogP contribution in [-0.4, -0.2) is 54.9 Å². The van der Waals surface area contributed by atoms with E-state index in [1.807, 2.05) is 30.3 Å². The fourth-order valence-electron chi connectivity index (χ4n) is 3.23. The predicted molar refractivity (Wildman–Crippen MR) is 96.9 cm³/mol. The molecule has 0 saturated carbocycles. The fraction of sp³-hybridized carbons (Fsp3) is 0.632. The zero-order valence-corrected chi connectivity index (χ0v) is 14.9. The van der Waals surface area contributed by atoms with Gasteiger partial charge in [-0.25, -0.2) is 4.79 Å². The average molecular weight is 333 g/mol. The monoisotopic (exact) mass is 333 g/mol. The van der Waals surface area contributed by atoms with Crippen molar-refractivity contribution in [3.63, 3.8) is 0 Å². The maximum Gasteiger partial charge on any atom is 0.314 e. The lowest BCUT2D eigenvalue weighted by molar-refractivity contribution is 0.170. The van der Waals surface area contributed by atoms with E-state index in [9.17, 15) is 9.90 Å². The second-order valence-electron chi connectivity index (χ2n) is 7.24. The molecule has 1 fully saturated rings. The minimum Gasteiger partial charge on any atom is -0.391 e. The lowest BCUT2D eigenvalue weighted by atomic mass is 10.1. The highest BCUT2D eigenvalue weighted by Crippen LogP contribution is 2.16. The van der Waals surface area contributed by atoms with Crippen LogP contribution in [-0.2, 0) is 6.42 Å². The Morgan fingerprint density at radius 1 is 1.29 bits per heavy atom. The molecule has 3 N–H and O–H groups in total. The van der Waals surface area contributed by atoms with Crippen LogP contribution < -0.4 is 10.6 Å². The minimum absolute atomic E-state index is 0.190. The average Bonchev–Trinajstić information content (AvgIpc) is 2.98. The quantitative estimate of drug-likeness (QED) is 0.680. The molecule has 1 aromatic carbocycles. The zero-order chi connectivity index (χ0) is 17.4. The SMILES string of the molecule is CC(C)CN1CCC(CNC(=O)NCC(O)Cc2ccccc2)C1. The first-order chi connectivity index (χ1) is 11.5. The molecule has 1 aromatic rings. The van der Waals surface area contributed by atoms with E-state index in [4.69, 9.17) is 0 Å². The third-order valence-corrected chi connectivity index (χ3v) is 4.36. The summed E-state index contributed by atoms with van der Waals surface area (Å²) in [6, 6.07) is 9.62. The van der Waals surface area contributed by atoms with Crippen LogP contribution in [0.3, 0.4) is 0 Å². The van der Waals surface area contributed by atoms with Crippen LogP contribution in [0.25, 0.3) is 0 Å². The van der Waals surface area contributed by atoms with Gasteiger partial charge in [0.2, 0.25) is 0 Å². The van der Waals surface area contributed by atoms with Crippen LogP contribution in [0.15, 0.2) is 30.3 Å². The van der Waals surface area contributed by atoms with Gasteiger partial charge in [0.25, 0.3) is 0 Å². The van der Waals surface area contributed by atoms with E-state index in [1.165, 1.54) is 0 Å². The van der Waals surface area contributed by atoms with E-state index in [2.05, 4.69) is 29.4 Å². The van der Waals surface area contributed by atoms with Gasteiger partial charge in [0.15, 0.2) is 0 Å². The van der Waals surface area contributed by atoms with Crippen molar-refractivity contribution >= 4 is 6.03 Å². The Hall–Kier alpha value is -1.59. The smallest absolute Gasteiger partial charge is 0.314 e. The predicted octanol–water partition coefficient (Wildman–Crippen LogP) is 1.87. The summed E-state index contributed by atoms with van der Waals surface area (Å²) >= 11 is 0. The number of nitrogens with zero attached hydrogens (tertiary/aromatic N) is 1. The summed E-state index contributed by atoms with van der Waals surface area (Å²) in [6.45, 7) is 8.77. The van der Waals surface area contributed by atoms with E-state index in [-0.39, 0.29) is 12.6 Å². The lowest BCUT2D eigenvalue weighted by Crippen LogP contribution is -2.42. The zero-order valence-electron chi connectivity index (χ0n) is 14.9. The molecule has 2 amide bonds. The molecule has 5 heteroatoms.